The number of carbonyl (C=O) groups excluding carboxylic acids is 1. The third kappa shape index (κ3) is 1.97. The topological polar surface area (TPSA) is 32.3 Å². The summed E-state index contributed by atoms with van der Waals surface area (Å²) in [5.74, 6) is 1.70. The van der Waals surface area contributed by atoms with Crippen LogP contribution >= 0.6 is 0 Å². The quantitative estimate of drug-likeness (QED) is 0.702. The van der Waals surface area contributed by atoms with Crippen LogP contribution in [0.15, 0.2) is 0 Å². The summed E-state index contributed by atoms with van der Waals surface area (Å²) in [6.07, 6.45) is 7.67. The van der Waals surface area contributed by atoms with Gasteiger partial charge in [0.25, 0.3) is 0 Å². The molecule has 0 bridgehead atoms. The van der Waals surface area contributed by atoms with Gasteiger partial charge in [-0.05, 0) is 31.1 Å². The second-order valence-corrected chi connectivity index (χ2v) is 5.45. The van der Waals surface area contributed by atoms with E-state index in [1.54, 1.807) is 0 Å². The van der Waals surface area contributed by atoms with Gasteiger partial charge in [-0.1, -0.05) is 19.3 Å². The van der Waals surface area contributed by atoms with Crippen LogP contribution in [0.3, 0.4) is 0 Å². The molecule has 15 heavy (non-hydrogen) atoms. The Balaban J connectivity index is 1.47. The summed E-state index contributed by atoms with van der Waals surface area (Å²) in [4.78, 5) is 13.9. The lowest BCUT2D eigenvalue weighted by atomic mass is 9.96. The molecule has 0 spiro atoms. The van der Waals surface area contributed by atoms with Gasteiger partial charge in [-0.15, -0.1) is 0 Å². The number of rotatable bonds is 1. The molecule has 84 valence electrons. The molecule has 0 aromatic heterocycles. The fourth-order valence-corrected chi connectivity index (χ4v) is 3.08. The van der Waals surface area contributed by atoms with Gasteiger partial charge in [-0.3, -0.25) is 0 Å². The molecule has 1 heterocycles. The third-order valence-electron chi connectivity index (χ3n) is 4.20. The van der Waals surface area contributed by atoms with Crippen molar-refractivity contribution in [3.05, 3.63) is 0 Å². The van der Waals surface area contributed by atoms with E-state index in [1.165, 1.54) is 38.5 Å². The molecule has 3 rings (SSSR count). The number of amides is 2. The van der Waals surface area contributed by atoms with Crippen molar-refractivity contribution in [1.29, 1.82) is 0 Å². The Morgan fingerprint density at radius 3 is 2.40 bits per heavy atom. The first kappa shape index (κ1) is 9.49. The number of hydrogen-bond donors (Lipinski definition) is 1. The van der Waals surface area contributed by atoms with Crippen LogP contribution in [0.5, 0.6) is 0 Å². The molecule has 3 heteroatoms. The van der Waals surface area contributed by atoms with Gasteiger partial charge < -0.3 is 10.2 Å². The van der Waals surface area contributed by atoms with Gasteiger partial charge in [-0.2, -0.15) is 0 Å². The third-order valence-corrected chi connectivity index (χ3v) is 4.20. The smallest absolute Gasteiger partial charge is 0.317 e. The number of nitrogens with zero attached hydrogens (tertiary/aromatic N) is 1. The normalized spacial score (nSPS) is 35.1. The lowest BCUT2D eigenvalue weighted by molar-refractivity contribution is 0.195. The second-order valence-electron chi connectivity index (χ2n) is 5.45. The fraction of sp³-hybridized carbons (Fsp3) is 0.917. The Labute approximate surface area is 91.2 Å². The van der Waals surface area contributed by atoms with Gasteiger partial charge >= 0.3 is 6.03 Å². The van der Waals surface area contributed by atoms with E-state index in [0.717, 1.165) is 24.9 Å². The summed E-state index contributed by atoms with van der Waals surface area (Å²) in [7, 11) is 0. The van der Waals surface area contributed by atoms with Gasteiger partial charge in [0.05, 0.1) is 0 Å². The monoisotopic (exact) mass is 208 g/mol. The van der Waals surface area contributed by atoms with E-state index in [2.05, 4.69) is 5.32 Å². The molecule has 1 aliphatic heterocycles. The first-order valence-corrected chi connectivity index (χ1v) is 6.38. The van der Waals surface area contributed by atoms with Crippen LogP contribution in [0.2, 0.25) is 0 Å². The zero-order valence-electron chi connectivity index (χ0n) is 9.24. The highest BCUT2D eigenvalue weighted by molar-refractivity contribution is 5.75. The van der Waals surface area contributed by atoms with E-state index in [-0.39, 0.29) is 6.03 Å². The van der Waals surface area contributed by atoms with Crippen LogP contribution in [-0.4, -0.2) is 30.1 Å². The molecule has 3 nitrogen and oxygen atoms in total. The minimum Gasteiger partial charge on any atom is -0.335 e. The molecule has 2 amide bonds. The summed E-state index contributed by atoms with van der Waals surface area (Å²) < 4.78 is 0. The highest BCUT2D eigenvalue weighted by Crippen LogP contribution is 2.44. The Morgan fingerprint density at radius 1 is 1.07 bits per heavy atom. The number of piperidine rings is 1. The molecule has 1 N–H and O–H groups in total. The number of likely N-dealkylation sites (tertiary alicyclic amines) is 1. The molecule has 2 unspecified atom stereocenters. The van der Waals surface area contributed by atoms with Crippen molar-refractivity contribution in [3.8, 4) is 0 Å². The average molecular weight is 208 g/mol. The molecule has 0 aromatic carbocycles. The predicted molar refractivity (Wildman–Crippen MR) is 58.6 cm³/mol. The number of urea groups is 1. The Bertz CT molecular complexity index is 250. The van der Waals surface area contributed by atoms with Crippen molar-refractivity contribution >= 4 is 6.03 Å². The van der Waals surface area contributed by atoms with Crippen LogP contribution in [0.4, 0.5) is 4.79 Å². The minimum absolute atomic E-state index is 0.203. The van der Waals surface area contributed by atoms with Crippen LogP contribution in [0.25, 0.3) is 0 Å². The molecular weight excluding hydrogens is 188 g/mol. The van der Waals surface area contributed by atoms with Crippen molar-refractivity contribution in [3.63, 3.8) is 0 Å². The molecule has 1 saturated heterocycles. The molecule has 2 atom stereocenters. The average Bonchev–Trinajstić information content (AvgIpc) is 2.87. The zero-order chi connectivity index (χ0) is 10.3. The van der Waals surface area contributed by atoms with Crippen molar-refractivity contribution < 1.29 is 4.79 Å². The molecule has 2 aliphatic carbocycles. The summed E-state index contributed by atoms with van der Waals surface area (Å²) in [6.45, 7) is 2.03. The van der Waals surface area contributed by atoms with Gasteiger partial charge in [0, 0.05) is 19.1 Å². The first-order valence-electron chi connectivity index (χ1n) is 6.38. The molecular formula is C12H20N2O. The Hall–Kier alpha value is -0.730. The van der Waals surface area contributed by atoms with E-state index >= 15 is 0 Å². The molecule has 0 aromatic rings. The van der Waals surface area contributed by atoms with Crippen molar-refractivity contribution in [2.75, 3.05) is 13.1 Å². The van der Waals surface area contributed by atoms with Crippen LogP contribution in [0, 0.1) is 11.8 Å². The van der Waals surface area contributed by atoms with E-state index in [0.29, 0.717) is 6.04 Å². The van der Waals surface area contributed by atoms with Crippen molar-refractivity contribution in [2.24, 2.45) is 11.8 Å². The van der Waals surface area contributed by atoms with Crippen molar-refractivity contribution in [2.45, 2.75) is 44.6 Å². The number of nitrogens with one attached hydrogen (secondary N) is 1. The summed E-state index contributed by atoms with van der Waals surface area (Å²) in [6, 6.07) is 0.664. The highest BCUT2D eigenvalue weighted by atomic mass is 16.2. The highest BCUT2D eigenvalue weighted by Gasteiger charge is 2.46. The number of hydrogen-bond acceptors (Lipinski definition) is 1. The second kappa shape index (κ2) is 3.69. The summed E-state index contributed by atoms with van der Waals surface area (Å²) >= 11 is 0. The molecule has 3 fully saturated rings. The van der Waals surface area contributed by atoms with Crippen LogP contribution in [0.1, 0.15) is 38.5 Å². The Morgan fingerprint density at radius 2 is 1.73 bits per heavy atom. The van der Waals surface area contributed by atoms with Crippen LogP contribution in [-0.2, 0) is 0 Å². The maximum atomic E-state index is 11.9. The SMILES string of the molecule is O=C(NC1CCCCC1)N1CC2CC2C1. The predicted octanol–water partition coefficient (Wildman–Crippen LogP) is 1.98. The maximum Gasteiger partial charge on any atom is 0.317 e. The van der Waals surface area contributed by atoms with E-state index in [1.807, 2.05) is 4.90 Å². The largest absolute Gasteiger partial charge is 0.335 e. The first-order chi connectivity index (χ1) is 7.33. The maximum absolute atomic E-state index is 11.9. The molecule has 0 radical (unpaired) electrons. The lowest BCUT2D eigenvalue weighted by Gasteiger charge is -2.26. The van der Waals surface area contributed by atoms with Gasteiger partial charge in [-0.25, -0.2) is 4.79 Å². The molecule has 3 aliphatic rings. The van der Waals surface area contributed by atoms with E-state index in [9.17, 15) is 4.79 Å². The standard InChI is InChI=1S/C12H20N2O/c15-12(13-11-4-2-1-3-5-11)14-7-9-6-10(9)8-14/h9-11H,1-8H2,(H,13,15). The fourth-order valence-electron chi connectivity index (χ4n) is 3.08. The van der Waals surface area contributed by atoms with Gasteiger partial charge in [0.15, 0.2) is 0 Å². The number of carbonyl (C=O) groups is 1. The Kier molecular flexibility index (Phi) is 2.33. The van der Waals surface area contributed by atoms with E-state index < -0.39 is 0 Å². The number of fused-ring (bicyclic) bond motifs is 1. The lowest BCUT2D eigenvalue weighted by Crippen LogP contribution is -2.45. The van der Waals surface area contributed by atoms with Crippen molar-refractivity contribution in [1.82, 2.24) is 10.2 Å². The minimum atomic E-state index is 0.203. The van der Waals surface area contributed by atoms with Gasteiger partial charge in [0.1, 0.15) is 0 Å². The van der Waals surface area contributed by atoms with Gasteiger partial charge in [0.2, 0.25) is 0 Å². The summed E-state index contributed by atoms with van der Waals surface area (Å²) in [5, 5.41) is 3.19. The van der Waals surface area contributed by atoms with E-state index in [4.69, 9.17) is 0 Å². The zero-order valence-corrected chi connectivity index (χ0v) is 9.24. The molecule has 2 saturated carbocycles. The van der Waals surface area contributed by atoms with Crippen LogP contribution < -0.4 is 5.32 Å². The summed E-state index contributed by atoms with van der Waals surface area (Å²) in [5.41, 5.74) is 0.